The fraction of sp³-hybridized carbons (Fsp3) is 0.429. The van der Waals surface area contributed by atoms with Crippen molar-refractivity contribution in [2.75, 3.05) is 6.54 Å². The van der Waals surface area contributed by atoms with Crippen LogP contribution >= 0.6 is 0 Å². The molecule has 0 radical (unpaired) electrons. The summed E-state index contributed by atoms with van der Waals surface area (Å²) in [6, 6.07) is 23.0. The summed E-state index contributed by atoms with van der Waals surface area (Å²) in [5.74, 6) is 0. The second-order valence-corrected chi connectivity index (χ2v) is 7.47. The second-order valence-electron chi connectivity index (χ2n) is 7.47. The Kier molecular flexibility index (Phi) is 4.35. The molecule has 1 nitrogen and oxygen atoms in total. The van der Waals surface area contributed by atoms with Gasteiger partial charge in [-0.15, -0.1) is 0 Å². The van der Waals surface area contributed by atoms with Crippen LogP contribution in [0.4, 0.5) is 0 Å². The summed E-state index contributed by atoms with van der Waals surface area (Å²) < 4.78 is 0. The van der Waals surface area contributed by atoms with Gasteiger partial charge in [0.05, 0.1) is 0 Å². The van der Waals surface area contributed by atoms with Crippen LogP contribution in [0, 0.1) is 5.41 Å². The zero-order valence-electron chi connectivity index (χ0n) is 14.0. The van der Waals surface area contributed by atoms with Gasteiger partial charge in [0.25, 0.3) is 0 Å². The number of nitrogens with zero attached hydrogens (tertiary/aromatic N) is 1. The Morgan fingerprint density at radius 3 is 2.23 bits per heavy atom. The Labute approximate surface area is 135 Å². The van der Waals surface area contributed by atoms with Crippen LogP contribution in [-0.4, -0.2) is 17.5 Å². The van der Waals surface area contributed by atoms with Gasteiger partial charge in [0.1, 0.15) is 0 Å². The van der Waals surface area contributed by atoms with E-state index in [1.54, 1.807) is 0 Å². The Bertz CT molecular complexity index is 588. The topological polar surface area (TPSA) is 3.24 Å². The maximum absolute atomic E-state index is 2.71. The van der Waals surface area contributed by atoms with Crippen LogP contribution in [0.1, 0.15) is 44.4 Å². The summed E-state index contributed by atoms with van der Waals surface area (Å²) in [5.41, 5.74) is 3.29. The summed E-state index contributed by atoms with van der Waals surface area (Å²) in [5, 5.41) is 0. The van der Waals surface area contributed by atoms with Crippen LogP contribution in [0.3, 0.4) is 0 Å². The lowest BCUT2D eigenvalue weighted by atomic mass is 9.89. The molecule has 3 rings (SSSR count). The second kappa shape index (κ2) is 6.26. The van der Waals surface area contributed by atoms with Crippen LogP contribution in [0.2, 0.25) is 0 Å². The van der Waals surface area contributed by atoms with Gasteiger partial charge in [-0.3, -0.25) is 4.90 Å². The smallest absolute Gasteiger partial charge is 0.0323 e. The zero-order valence-corrected chi connectivity index (χ0v) is 14.0. The van der Waals surface area contributed by atoms with Gasteiger partial charge in [0.2, 0.25) is 0 Å². The van der Waals surface area contributed by atoms with Gasteiger partial charge in [-0.25, -0.2) is 0 Å². The van der Waals surface area contributed by atoms with Crippen molar-refractivity contribution < 1.29 is 0 Å². The highest BCUT2D eigenvalue weighted by atomic mass is 15.2. The van der Waals surface area contributed by atoms with Gasteiger partial charge in [0, 0.05) is 18.6 Å². The summed E-state index contributed by atoms with van der Waals surface area (Å²) in [4.78, 5) is 2.71. The first kappa shape index (κ1) is 15.3. The highest BCUT2D eigenvalue weighted by molar-refractivity contribution is 5.21. The standard InChI is InChI=1S/C21H27N/c1-17(19-12-8-5-9-13-19)22-16-21(2,3)15-20(22)14-18-10-6-4-7-11-18/h4-13,17,20H,14-16H2,1-3H3. The monoisotopic (exact) mass is 293 g/mol. The fourth-order valence-electron chi connectivity index (χ4n) is 3.89. The van der Waals surface area contributed by atoms with E-state index in [1.807, 2.05) is 0 Å². The third-order valence-corrected chi connectivity index (χ3v) is 4.96. The molecule has 0 amide bonds. The summed E-state index contributed by atoms with van der Waals surface area (Å²) in [6.45, 7) is 8.35. The number of rotatable bonds is 4. The molecular formula is C21H27N. The van der Waals surface area contributed by atoms with Gasteiger partial charge >= 0.3 is 0 Å². The molecule has 0 N–H and O–H groups in total. The molecule has 22 heavy (non-hydrogen) atoms. The summed E-state index contributed by atoms with van der Waals surface area (Å²) in [6.07, 6.45) is 2.43. The van der Waals surface area contributed by atoms with E-state index in [1.165, 1.54) is 24.1 Å². The molecule has 0 bridgehead atoms. The van der Waals surface area contributed by atoms with Crippen LogP contribution < -0.4 is 0 Å². The lowest BCUT2D eigenvalue weighted by Crippen LogP contribution is -2.34. The highest BCUT2D eigenvalue weighted by Gasteiger charge is 2.39. The average molecular weight is 293 g/mol. The predicted octanol–water partition coefficient (Wildman–Crippen LogP) is 5.09. The molecular weight excluding hydrogens is 266 g/mol. The normalized spacial score (nSPS) is 22.6. The Morgan fingerprint density at radius 1 is 1.00 bits per heavy atom. The van der Waals surface area contributed by atoms with Crippen molar-refractivity contribution in [3.63, 3.8) is 0 Å². The van der Waals surface area contributed by atoms with Gasteiger partial charge in [-0.1, -0.05) is 74.5 Å². The molecule has 0 aliphatic carbocycles. The van der Waals surface area contributed by atoms with E-state index in [0.29, 0.717) is 17.5 Å². The molecule has 2 atom stereocenters. The fourth-order valence-corrected chi connectivity index (χ4v) is 3.89. The molecule has 2 unspecified atom stereocenters. The van der Waals surface area contributed by atoms with Crippen molar-refractivity contribution in [1.82, 2.24) is 4.90 Å². The van der Waals surface area contributed by atoms with E-state index in [0.717, 1.165) is 6.42 Å². The number of likely N-dealkylation sites (tertiary alicyclic amines) is 1. The minimum absolute atomic E-state index is 0.405. The Balaban J connectivity index is 1.81. The molecule has 1 heterocycles. The van der Waals surface area contributed by atoms with E-state index in [4.69, 9.17) is 0 Å². The van der Waals surface area contributed by atoms with Crippen molar-refractivity contribution in [2.45, 2.75) is 45.7 Å². The van der Waals surface area contributed by atoms with Gasteiger partial charge in [-0.05, 0) is 36.3 Å². The highest BCUT2D eigenvalue weighted by Crippen LogP contribution is 2.40. The third kappa shape index (κ3) is 3.41. The lowest BCUT2D eigenvalue weighted by Gasteiger charge is -2.31. The molecule has 0 spiro atoms. The van der Waals surface area contributed by atoms with E-state index < -0.39 is 0 Å². The minimum Gasteiger partial charge on any atom is -0.293 e. The first-order valence-electron chi connectivity index (χ1n) is 8.40. The molecule has 1 heteroatoms. The predicted molar refractivity (Wildman–Crippen MR) is 93.9 cm³/mol. The maximum atomic E-state index is 2.71. The quantitative estimate of drug-likeness (QED) is 0.759. The van der Waals surface area contributed by atoms with E-state index >= 15 is 0 Å². The molecule has 2 aromatic rings. The first-order valence-corrected chi connectivity index (χ1v) is 8.40. The van der Waals surface area contributed by atoms with E-state index in [-0.39, 0.29) is 0 Å². The number of hydrogen-bond acceptors (Lipinski definition) is 1. The summed E-state index contributed by atoms with van der Waals surface area (Å²) in [7, 11) is 0. The van der Waals surface area contributed by atoms with Crippen molar-refractivity contribution in [3.8, 4) is 0 Å². The molecule has 116 valence electrons. The van der Waals surface area contributed by atoms with Crippen LogP contribution in [-0.2, 0) is 6.42 Å². The molecule has 1 aliphatic heterocycles. The van der Waals surface area contributed by atoms with Crippen molar-refractivity contribution in [2.24, 2.45) is 5.41 Å². The van der Waals surface area contributed by atoms with Gasteiger partial charge in [0.15, 0.2) is 0 Å². The average Bonchev–Trinajstić information content (AvgIpc) is 2.83. The zero-order chi connectivity index (χ0) is 15.6. The van der Waals surface area contributed by atoms with Crippen molar-refractivity contribution >= 4 is 0 Å². The van der Waals surface area contributed by atoms with Crippen molar-refractivity contribution in [3.05, 3.63) is 71.8 Å². The largest absolute Gasteiger partial charge is 0.293 e. The number of benzene rings is 2. The molecule has 2 aromatic carbocycles. The SMILES string of the molecule is CC(c1ccccc1)N1CC(C)(C)CC1Cc1ccccc1. The van der Waals surface area contributed by atoms with Crippen molar-refractivity contribution in [1.29, 1.82) is 0 Å². The maximum Gasteiger partial charge on any atom is 0.0323 e. The van der Waals surface area contributed by atoms with E-state index in [2.05, 4.69) is 86.3 Å². The first-order chi connectivity index (χ1) is 10.6. The van der Waals surface area contributed by atoms with Crippen LogP contribution in [0.25, 0.3) is 0 Å². The Morgan fingerprint density at radius 2 is 1.59 bits per heavy atom. The van der Waals surface area contributed by atoms with Gasteiger partial charge in [-0.2, -0.15) is 0 Å². The van der Waals surface area contributed by atoms with Gasteiger partial charge < -0.3 is 0 Å². The molecule has 1 saturated heterocycles. The molecule has 0 aromatic heterocycles. The minimum atomic E-state index is 0.405. The molecule has 1 aliphatic rings. The lowest BCUT2D eigenvalue weighted by molar-refractivity contribution is 0.182. The summed E-state index contributed by atoms with van der Waals surface area (Å²) >= 11 is 0. The van der Waals surface area contributed by atoms with Crippen LogP contribution in [0.5, 0.6) is 0 Å². The molecule has 1 fully saturated rings. The molecule has 0 saturated carbocycles. The number of hydrogen-bond donors (Lipinski definition) is 0. The van der Waals surface area contributed by atoms with E-state index in [9.17, 15) is 0 Å². The third-order valence-electron chi connectivity index (χ3n) is 4.96. The van der Waals surface area contributed by atoms with Crippen LogP contribution in [0.15, 0.2) is 60.7 Å². The Hall–Kier alpha value is -1.60.